The predicted molar refractivity (Wildman–Crippen MR) is 77.7 cm³/mol. The van der Waals surface area contributed by atoms with Gasteiger partial charge in [0.25, 0.3) is 0 Å². The highest BCUT2D eigenvalue weighted by molar-refractivity contribution is 5.15. The number of rotatable bonds is 8. The van der Waals surface area contributed by atoms with Gasteiger partial charge in [0.1, 0.15) is 0 Å². The van der Waals surface area contributed by atoms with Crippen molar-refractivity contribution in [2.45, 2.75) is 52.1 Å². The molecule has 0 amide bonds. The van der Waals surface area contributed by atoms with Gasteiger partial charge < -0.3 is 10.4 Å². The van der Waals surface area contributed by atoms with Crippen LogP contribution in [0.15, 0.2) is 30.3 Å². The van der Waals surface area contributed by atoms with Crippen LogP contribution in [0.4, 0.5) is 0 Å². The summed E-state index contributed by atoms with van der Waals surface area (Å²) in [5.74, 6) is 0.746. The molecule has 0 aliphatic rings. The normalized spacial score (nSPS) is 14.7. The van der Waals surface area contributed by atoms with E-state index in [2.05, 4.69) is 38.2 Å². The fourth-order valence-electron chi connectivity index (χ4n) is 2.14. The maximum Gasteiger partial charge on any atom is 0.0587 e. The lowest BCUT2D eigenvalue weighted by molar-refractivity contribution is 0.228. The van der Waals surface area contributed by atoms with E-state index in [4.69, 9.17) is 0 Å². The Morgan fingerprint density at radius 3 is 2.28 bits per heavy atom. The van der Waals surface area contributed by atoms with E-state index in [1.807, 2.05) is 18.2 Å². The minimum absolute atomic E-state index is 0.162. The van der Waals surface area contributed by atoms with Crippen LogP contribution < -0.4 is 5.32 Å². The average Bonchev–Trinajstić information content (AvgIpc) is 2.37. The minimum Gasteiger partial charge on any atom is -0.395 e. The Morgan fingerprint density at radius 2 is 1.72 bits per heavy atom. The third-order valence-electron chi connectivity index (χ3n) is 3.24. The molecule has 0 saturated carbocycles. The van der Waals surface area contributed by atoms with Crippen molar-refractivity contribution >= 4 is 0 Å². The van der Waals surface area contributed by atoms with Crippen molar-refractivity contribution in [1.29, 1.82) is 0 Å². The molecule has 18 heavy (non-hydrogen) atoms. The summed E-state index contributed by atoms with van der Waals surface area (Å²) in [6.07, 6.45) is 3.30. The fraction of sp³-hybridized carbons (Fsp3) is 0.625. The summed E-state index contributed by atoms with van der Waals surface area (Å²) in [5.41, 5.74) is 1.28. The molecular formula is C16H27NO. The van der Waals surface area contributed by atoms with Gasteiger partial charge in [-0.3, -0.25) is 0 Å². The summed E-state index contributed by atoms with van der Waals surface area (Å²) in [6.45, 7) is 6.90. The zero-order chi connectivity index (χ0) is 13.4. The number of nitrogens with one attached hydrogen (secondary N) is 1. The quantitative estimate of drug-likeness (QED) is 0.742. The van der Waals surface area contributed by atoms with Crippen molar-refractivity contribution in [3.8, 4) is 0 Å². The second-order valence-electron chi connectivity index (χ2n) is 5.61. The van der Waals surface area contributed by atoms with E-state index in [-0.39, 0.29) is 12.6 Å². The highest BCUT2D eigenvalue weighted by atomic mass is 16.3. The molecule has 1 aromatic rings. The fourth-order valence-corrected chi connectivity index (χ4v) is 2.14. The lowest BCUT2D eigenvalue weighted by Gasteiger charge is -2.22. The van der Waals surface area contributed by atoms with Crippen LogP contribution in [-0.2, 0) is 6.42 Å². The largest absolute Gasteiger partial charge is 0.395 e. The van der Waals surface area contributed by atoms with Gasteiger partial charge in [0.05, 0.1) is 6.61 Å². The van der Waals surface area contributed by atoms with Gasteiger partial charge in [0.2, 0.25) is 0 Å². The zero-order valence-corrected chi connectivity index (χ0v) is 11.9. The molecule has 0 bridgehead atoms. The predicted octanol–water partition coefficient (Wildman–Crippen LogP) is 3.00. The molecule has 2 heteroatoms. The van der Waals surface area contributed by atoms with Crippen molar-refractivity contribution in [3.05, 3.63) is 35.9 Å². The van der Waals surface area contributed by atoms with Crippen molar-refractivity contribution in [2.24, 2.45) is 5.92 Å². The van der Waals surface area contributed by atoms with Gasteiger partial charge in [-0.05, 0) is 37.7 Å². The molecule has 1 rings (SSSR count). The van der Waals surface area contributed by atoms with Gasteiger partial charge in [-0.1, -0.05) is 44.2 Å². The van der Waals surface area contributed by atoms with Crippen LogP contribution in [0.25, 0.3) is 0 Å². The Labute approximate surface area is 111 Å². The Balaban J connectivity index is 2.37. The monoisotopic (exact) mass is 249 g/mol. The molecule has 102 valence electrons. The summed E-state index contributed by atoms with van der Waals surface area (Å²) in [4.78, 5) is 0. The number of benzene rings is 1. The molecular weight excluding hydrogens is 222 g/mol. The summed E-state index contributed by atoms with van der Waals surface area (Å²) in [6, 6.07) is 11.0. The number of aliphatic hydroxyl groups is 1. The first kappa shape index (κ1) is 15.2. The molecule has 0 heterocycles. The molecule has 0 radical (unpaired) electrons. The highest BCUT2D eigenvalue weighted by Gasteiger charge is 2.12. The van der Waals surface area contributed by atoms with Crippen LogP contribution in [0.5, 0.6) is 0 Å². The lowest BCUT2D eigenvalue weighted by atomic mass is 10.0. The highest BCUT2D eigenvalue weighted by Crippen LogP contribution is 2.09. The number of hydrogen-bond acceptors (Lipinski definition) is 2. The van der Waals surface area contributed by atoms with Gasteiger partial charge >= 0.3 is 0 Å². The first-order valence-corrected chi connectivity index (χ1v) is 7.02. The molecule has 0 fully saturated rings. The SMILES string of the molecule is CC(C)CCC(C)N[C@H](CO)Cc1ccccc1. The third kappa shape index (κ3) is 6.18. The summed E-state index contributed by atoms with van der Waals surface area (Å²) >= 11 is 0. The maximum absolute atomic E-state index is 9.45. The van der Waals surface area contributed by atoms with E-state index < -0.39 is 0 Å². The van der Waals surface area contributed by atoms with Gasteiger partial charge in [0, 0.05) is 12.1 Å². The second-order valence-corrected chi connectivity index (χ2v) is 5.61. The average molecular weight is 249 g/mol. The van der Waals surface area contributed by atoms with Crippen LogP contribution in [0, 0.1) is 5.92 Å². The molecule has 0 aliphatic heterocycles. The van der Waals surface area contributed by atoms with Crippen LogP contribution >= 0.6 is 0 Å². The van der Waals surface area contributed by atoms with E-state index in [0.29, 0.717) is 6.04 Å². The Bertz CT molecular complexity index is 310. The topological polar surface area (TPSA) is 32.3 Å². The number of hydrogen-bond donors (Lipinski definition) is 2. The third-order valence-corrected chi connectivity index (χ3v) is 3.24. The van der Waals surface area contributed by atoms with E-state index >= 15 is 0 Å². The van der Waals surface area contributed by atoms with Gasteiger partial charge in [-0.15, -0.1) is 0 Å². The molecule has 0 aliphatic carbocycles. The van der Waals surface area contributed by atoms with E-state index in [1.165, 1.54) is 18.4 Å². The van der Waals surface area contributed by atoms with Crippen LogP contribution in [0.1, 0.15) is 39.2 Å². The summed E-state index contributed by atoms with van der Waals surface area (Å²) < 4.78 is 0. The van der Waals surface area contributed by atoms with Crippen molar-refractivity contribution in [2.75, 3.05) is 6.61 Å². The molecule has 2 atom stereocenters. The Kier molecular flexibility index (Phi) is 6.99. The van der Waals surface area contributed by atoms with E-state index in [0.717, 1.165) is 12.3 Å². The lowest BCUT2D eigenvalue weighted by Crippen LogP contribution is -2.40. The summed E-state index contributed by atoms with van der Waals surface area (Å²) in [5, 5.41) is 13.0. The molecule has 1 unspecified atom stereocenters. The zero-order valence-electron chi connectivity index (χ0n) is 11.9. The van der Waals surface area contributed by atoms with Crippen molar-refractivity contribution in [3.63, 3.8) is 0 Å². The van der Waals surface area contributed by atoms with Gasteiger partial charge in [0.15, 0.2) is 0 Å². The molecule has 0 aromatic heterocycles. The Hall–Kier alpha value is -0.860. The van der Waals surface area contributed by atoms with E-state index in [1.54, 1.807) is 0 Å². The van der Waals surface area contributed by atoms with Crippen LogP contribution in [0.2, 0.25) is 0 Å². The Morgan fingerprint density at radius 1 is 1.06 bits per heavy atom. The first-order chi connectivity index (χ1) is 8.61. The van der Waals surface area contributed by atoms with Crippen molar-refractivity contribution < 1.29 is 5.11 Å². The molecule has 2 N–H and O–H groups in total. The molecule has 0 saturated heterocycles. The molecule has 0 spiro atoms. The molecule has 1 aromatic carbocycles. The van der Waals surface area contributed by atoms with E-state index in [9.17, 15) is 5.11 Å². The number of aliphatic hydroxyl groups excluding tert-OH is 1. The molecule has 2 nitrogen and oxygen atoms in total. The second kappa shape index (κ2) is 8.28. The van der Waals surface area contributed by atoms with Crippen LogP contribution in [0.3, 0.4) is 0 Å². The van der Waals surface area contributed by atoms with Gasteiger partial charge in [-0.25, -0.2) is 0 Å². The smallest absolute Gasteiger partial charge is 0.0587 e. The standard InChI is InChI=1S/C16H27NO/c1-13(2)9-10-14(3)17-16(12-18)11-15-7-5-4-6-8-15/h4-8,13-14,16-18H,9-12H2,1-3H3/t14?,16-/m0/s1. The van der Waals surface area contributed by atoms with Crippen LogP contribution in [-0.4, -0.2) is 23.8 Å². The minimum atomic E-state index is 0.162. The first-order valence-electron chi connectivity index (χ1n) is 7.02. The van der Waals surface area contributed by atoms with Gasteiger partial charge in [-0.2, -0.15) is 0 Å². The van der Waals surface area contributed by atoms with Crippen molar-refractivity contribution in [1.82, 2.24) is 5.32 Å². The maximum atomic E-state index is 9.45. The summed E-state index contributed by atoms with van der Waals surface area (Å²) in [7, 11) is 0.